The fraction of sp³-hybridized carbons (Fsp3) is 0.353. The number of carbonyl (C=O) groups excluding carboxylic acids is 1. The molecule has 3 rings (SSSR count). The monoisotopic (exact) mass is 301 g/mol. The summed E-state index contributed by atoms with van der Waals surface area (Å²) >= 11 is 1.65. The number of aryl methyl sites for hydroxylation is 2. The predicted molar refractivity (Wildman–Crippen MR) is 85.2 cm³/mol. The molecule has 3 nitrogen and oxygen atoms in total. The molecule has 2 heterocycles. The zero-order chi connectivity index (χ0) is 14.8. The van der Waals surface area contributed by atoms with E-state index in [1.54, 1.807) is 11.8 Å². The van der Waals surface area contributed by atoms with Crippen molar-refractivity contribution < 1.29 is 9.21 Å². The number of hydrogen-bond donors (Lipinski definition) is 0. The van der Waals surface area contributed by atoms with Crippen LogP contribution >= 0.6 is 11.8 Å². The van der Waals surface area contributed by atoms with E-state index in [0.717, 1.165) is 24.5 Å². The van der Waals surface area contributed by atoms with Crippen molar-refractivity contribution in [2.45, 2.75) is 25.6 Å². The molecule has 1 saturated heterocycles. The van der Waals surface area contributed by atoms with Gasteiger partial charge in [0.2, 0.25) is 5.91 Å². The van der Waals surface area contributed by atoms with Crippen molar-refractivity contribution in [1.29, 1.82) is 0 Å². The van der Waals surface area contributed by atoms with Gasteiger partial charge in [0.15, 0.2) is 0 Å². The molecule has 1 aliphatic rings. The Morgan fingerprint density at radius 1 is 1.19 bits per heavy atom. The van der Waals surface area contributed by atoms with E-state index in [9.17, 15) is 4.79 Å². The molecule has 0 saturated carbocycles. The van der Waals surface area contributed by atoms with Gasteiger partial charge in [-0.15, -0.1) is 11.8 Å². The van der Waals surface area contributed by atoms with Crippen molar-refractivity contribution in [3.63, 3.8) is 0 Å². The highest BCUT2D eigenvalue weighted by Crippen LogP contribution is 2.39. The molecule has 110 valence electrons. The average molecular weight is 301 g/mol. The van der Waals surface area contributed by atoms with E-state index >= 15 is 0 Å². The summed E-state index contributed by atoms with van der Waals surface area (Å²) in [5.41, 5.74) is 2.52. The van der Waals surface area contributed by atoms with Gasteiger partial charge in [0.05, 0.1) is 5.75 Å². The lowest BCUT2D eigenvalue weighted by Crippen LogP contribution is -2.30. The molecule has 1 aromatic heterocycles. The summed E-state index contributed by atoms with van der Waals surface area (Å²) in [7, 11) is 0. The zero-order valence-corrected chi connectivity index (χ0v) is 13.2. The van der Waals surface area contributed by atoms with Crippen molar-refractivity contribution in [3.8, 4) is 0 Å². The number of amides is 1. The lowest BCUT2D eigenvalue weighted by Gasteiger charge is -2.22. The minimum absolute atomic E-state index is 0.0247. The van der Waals surface area contributed by atoms with E-state index in [0.29, 0.717) is 5.75 Å². The van der Waals surface area contributed by atoms with Crippen LogP contribution in [0.15, 0.2) is 40.8 Å². The van der Waals surface area contributed by atoms with Crippen molar-refractivity contribution in [3.05, 3.63) is 59.0 Å². The normalized spacial score (nSPS) is 18.5. The van der Waals surface area contributed by atoms with Crippen LogP contribution in [0.4, 0.5) is 0 Å². The van der Waals surface area contributed by atoms with Crippen molar-refractivity contribution >= 4 is 17.7 Å². The van der Waals surface area contributed by atoms with Crippen LogP contribution in [0.25, 0.3) is 0 Å². The summed E-state index contributed by atoms with van der Waals surface area (Å²) in [5.74, 6) is 2.51. The second kappa shape index (κ2) is 5.98. The Balaban J connectivity index is 1.70. The average Bonchev–Trinajstić information content (AvgIpc) is 3.05. The van der Waals surface area contributed by atoms with E-state index in [2.05, 4.69) is 31.2 Å². The Morgan fingerprint density at radius 3 is 2.62 bits per heavy atom. The molecule has 1 aliphatic heterocycles. The van der Waals surface area contributed by atoms with Crippen LogP contribution in [0.1, 0.15) is 28.0 Å². The molecule has 1 aromatic carbocycles. The standard InChI is InChI=1S/C17H19NO2S/c1-12-3-6-14(7-4-12)9-10-18-16(19)11-21-17(18)15-8-5-13(2)20-15/h3-8,17H,9-11H2,1-2H3. The van der Waals surface area contributed by atoms with Gasteiger partial charge in [0, 0.05) is 6.54 Å². The Bertz CT molecular complexity index is 632. The molecule has 0 radical (unpaired) electrons. The van der Waals surface area contributed by atoms with Crippen LogP contribution in [0.2, 0.25) is 0 Å². The van der Waals surface area contributed by atoms with Crippen LogP contribution in [-0.2, 0) is 11.2 Å². The molecule has 21 heavy (non-hydrogen) atoms. The lowest BCUT2D eigenvalue weighted by molar-refractivity contribution is -0.128. The summed E-state index contributed by atoms with van der Waals surface area (Å²) < 4.78 is 5.70. The fourth-order valence-corrected chi connectivity index (χ4v) is 3.68. The van der Waals surface area contributed by atoms with Gasteiger partial charge in [-0.05, 0) is 38.0 Å². The summed E-state index contributed by atoms with van der Waals surface area (Å²) in [6.07, 6.45) is 0.878. The van der Waals surface area contributed by atoms with Crippen LogP contribution in [-0.4, -0.2) is 23.1 Å². The molecule has 2 aromatic rings. The van der Waals surface area contributed by atoms with E-state index in [1.807, 2.05) is 24.0 Å². The van der Waals surface area contributed by atoms with Crippen LogP contribution < -0.4 is 0 Å². The van der Waals surface area contributed by atoms with Gasteiger partial charge in [-0.2, -0.15) is 0 Å². The summed E-state index contributed by atoms with van der Waals surface area (Å²) in [6.45, 7) is 4.75. The van der Waals surface area contributed by atoms with Crippen molar-refractivity contribution in [1.82, 2.24) is 4.90 Å². The molecule has 1 atom stereocenters. The van der Waals surface area contributed by atoms with Crippen LogP contribution in [0, 0.1) is 13.8 Å². The smallest absolute Gasteiger partial charge is 0.233 e. The predicted octanol–water partition coefficient (Wildman–Crippen LogP) is 3.71. The Labute approximate surface area is 129 Å². The SMILES string of the molecule is Cc1ccc(CCN2C(=O)CSC2c2ccc(C)o2)cc1. The highest BCUT2D eigenvalue weighted by atomic mass is 32.2. The Morgan fingerprint density at radius 2 is 1.95 bits per heavy atom. The lowest BCUT2D eigenvalue weighted by atomic mass is 10.1. The Hall–Kier alpha value is -1.68. The first kappa shape index (κ1) is 14.3. The second-order valence-corrected chi connectivity index (χ2v) is 6.50. The number of thioether (sulfide) groups is 1. The maximum atomic E-state index is 12.1. The summed E-state index contributed by atoms with van der Waals surface area (Å²) in [4.78, 5) is 14.0. The molecular formula is C17H19NO2S. The molecule has 1 amide bonds. The van der Waals surface area contributed by atoms with Gasteiger partial charge in [0.25, 0.3) is 0 Å². The molecule has 1 fully saturated rings. The second-order valence-electron chi connectivity index (χ2n) is 5.43. The van der Waals surface area contributed by atoms with Gasteiger partial charge < -0.3 is 9.32 Å². The van der Waals surface area contributed by atoms with Gasteiger partial charge in [-0.25, -0.2) is 0 Å². The number of furan rings is 1. The number of carbonyl (C=O) groups is 1. The minimum atomic E-state index is 0.0247. The molecule has 0 spiro atoms. The third kappa shape index (κ3) is 3.16. The van der Waals surface area contributed by atoms with Crippen LogP contribution in [0.3, 0.4) is 0 Å². The topological polar surface area (TPSA) is 33.5 Å². The highest BCUT2D eigenvalue weighted by molar-refractivity contribution is 8.00. The summed E-state index contributed by atoms with van der Waals surface area (Å²) in [6, 6.07) is 12.4. The van der Waals surface area contributed by atoms with Gasteiger partial charge in [0.1, 0.15) is 16.9 Å². The highest BCUT2D eigenvalue weighted by Gasteiger charge is 2.34. The Kier molecular flexibility index (Phi) is 4.06. The third-order valence-electron chi connectivity index (χ3n) is 3.73. The maximum absolute atomic E-state index is 12.1. The molecule has 0 N–H and O–H groups in total. The van der Waals surface area contributed by atoms with Gasteiger partial charge >= 0.3 is 0 Å². The number of rotatable bonds is 4. The van der Waals surface area contributed by atoms with Crippen molar-refractivity contribution in [2.75, 3.05) is 12.3 Å². The molecule has 1 unspecified atom stereocenters. The third-order valence-corrected chi connectivity index (χ3v) is 4.95. The van der Waals surface area contributed by atoms with Crippen molar-refractivity contribution in [2.24, 2.45) is 0 Å². The first-order chi connectivity index (χ1) is 10.1. The van der Waals surface area contributed by atoms with Gasteiger partial charge in [-0.3, -0.25) is 4.79 Å². The molecule has 0 bridgehead atoms. The summed E-state index contributed by atoms with van der Waals surface area (Å²) in [5, 5.41) is 0.0247. The van der Waals surface area contributed by atoms with E-state index in [-0.39, 0.29) is 11.3 Å². The molecular weight excluding hydrogens is 282 g/mol. The van der Waals surface area contributed by atoms with E-state index in [1.165, 1.54) is 11.1 Å². The number of hydrogen-bond acceptors (Lipinski definition) is 3. The fourth-order valence-electron chi connectivity index (χ4n) is 2.52. The minimum Gasteiger partial charge on any atom is -0.463 e. The first-order valence-corrected chi connectivity index (χ1v) is 8.21. The maximum Gasteiger partial charge on any atom is 0.233 e. The quantitative estimate of drug-likeness (QED) is 0.863. The first-order valence-electron chi connectivity index (χ1n) is 7.16. The van der Waals surface area contributed by atoms with Gasteiger partial charge in [-0.1, -0.05) is 29.8 Å². The van der Waals surface area contributed by atoms with Crippen LogP contribution in [0.5, 0.6) is 0 Å². The van der Waals surface area contributed by atoms with E-state index < -0.39 is 0 Å². The number of benzene rings is 1. The van der Waals surface area contributed by atoms with E-state index in [4.69, 9.17) is 4.42 Å². The zero-order valence-electron chi connectivity index (χ0n) is 12.3. The largest absolute Gasteiger partial charge is 0.463 e. The number of nitrogens with zero attached hydrogens (tertiary/aromatic N) is 1. The molecule has 4 heteroatoms. The molecule has 0 aliphatic carbocycles.